The van der Waals surface area contributed by atoms with Gasteiger partial charge in [-0.3, -0.25) is 9.58 Å². The van der Waals surface area contributed by atoms with Gasteiger partial charge in [-0.2, -0.15) is 0 Å². The van der Waals surface area contributed by atoms with E-state index in [2.05, 4.69) is 31.9 Å². The minimum Gasteiger partial charge on any atom is -0.444 e. The van der Waals surface area contributed by atoms with Gasteiger partial charge in [-0.05, 0) is 74.7 Å². The van der Waals surface area contributed by atoms with E-state index in [1.165, 1.54) is 12.3 Å². The second-order valence-electron chi connectivity index (χ2n) is 13.6. The summed E-state index contributed by atoms with van der Waals surface area (Å²) in [6.07, 6.45) is 6.03. The highest BCUT2D eigenvalue weighted by molar-refractivity contribution is 7.90. The van der Waals surface area contributed by atoms with Crippen molar-refractivity contribution >= 4 is 32.5 Å². The molecule has 5 aromatic rings. The average molecular weight is 721 g/mol. The van der Waals surface area contributed by atoms with Crippen molar-refractivity contribution in [1.82, 2.24) is 29.4 Å². The fourth-order valence-corrected chi connectivity index (χ4v) is 7.81. The molecule has 8 rings (SSSR count). The van der Waals surface area contributed by atoms with Crippen LogP contribution in [0.15, 0.2) is 60.8 Å². The highest BCUT2D eigenvalue weighted by Gasteiger charge is 2.43. The van der Waals surface area contributed by atoms with Gasteiger partial charge in [0.25, 0.3) is 5.79 Å². The molecule has 0 bridgehead atoms. The topological polar surface area (TPSA) is 114 Å². The van der Waals surface area contributed by atoms with E-state index in [0.29, 0.717) is 34.3 Å². The maximum atomic E-state index is 14.9. The maximum Gasteiger partial charge on any atom is 0.278 e. The van der Waals surface area contributed by atoms with Crippen molar-refractivity contribution in [3.8, 4) is 22.8 Å². The van der Waals surface area contributed by atoms with E-state index in [1.54, 1.807) is 29.9 Å². The summed E-state index contributed by atoms with van der Waals surface area (Å²) in [7, 11) is -3.11. The van der Waals surface area contributed by atoms with Crippen molar-refractivity contribution < 1.29 is 27.0 Å². The summed E-state index contributed by atoms with van der Waals surface area (Å²) in [5.41, 5.74) is 4.83. The molecule has 0 saturated carbocycles. The fraction of sp³-hybridized carbons (Fsp3) is 0.417. The predicted octanol–water partition coefficient (Wildman–Crippen LogP) is 5.94. The predicted molar refractivity (Wildman–Crippen MR) is 187 cm³/mol. The number of hydrogen-bond acceptors (Lipinski definition) is 9. The molecule has 2 fully saturated rings. The Bertz CT molecular complexity index is 2180. The van der Waals surface area contributed by atoms with Crippen molar-refractivity contribution in [3.63, 3.8) is 0 Å². The van der Waals surface area contributed by atoms with Gasteiger partial charge in [0, 0.05) is 35.9 Å². The van der Waals surface area contributed by atoms with Crippen molar-refractivity contribution in [3.05, 3.63) is 88.6 Å². The van der Waals surface area contributed by atoms with E-state index < -0.39 is 21.4 Å². The van der Waals surface area contributed by atoms with Gasteiger partial charge >= 0.3 is 0 Å². The summed E-state index contributed by atoms with van der Waals surface area (Å²) in [5.74, 6) is 0.790. The molecule has 2 atom stereocenters. The minimum atomic E-state index is -3.11. The normalized spacial score (nSPS) is 21.2. The lowest BCUT2D eigenvalue weighted by atomic mass is 9.88. The van der Waals surface area contributed by atoms with Gasteiger partial charge in [-0.15, -0.1) is 5.10 Å². The standard InChI is InChI=1S/C36H38ClFN6O5S/c1-36(28-8-7-25(37)19-29(28)38)48-33-5-3-4-27(35(33)49-36)23-10-13-42(14-11-23)22-34-39-30-18-24(6-9-32(30)44(34)20-26-12-16-47-26)31-21-43(41-40-31)15-17-50(2,45)46/h3-9,18-19,21,23,26H,10-17,20,22H2,1-2H3. The molecule has 2 aromatic heterocycles. The summed E-state index contributed by atoms with van der Waals surface area (Å²) in [6, 6.07) is 16.6. The molecule has 2 saturated heterocycles. The summed E-state index contributed by atoms with van der Waals surface area (Å²) in [6.45, 7) is 5.97. The van der Waals surface area contributed by atoms with E-state index >= 15 is 0 Å². The van der Waals surface area contributed by atoms with Crippen LogP contribution >= 0.6 is 11.6 Å². The van der Waals surface area contributed by atoms with Gasteiger partial charge < -0.3 is 18.8 Å². The Morgan fingerprint density at radius 2 is 1.88 bits per heavy atom. The van der Waals surface area contributed by atoms with Crippen LogP contribution in [-0.4, -0.2) is 75.7 Å². The highest BCUT2D eigenvalue weighted by Crippen LogP contribution is 2.50. The fourth-order valence-electron chi connectivity index (χ4n) is 7.13. The molecule has 3 aromatic carbocycles. The van der Waals surface area contributed by atoms with E-state index in [4.69, 9.17) is 30.8 Å². The molecule has 0 spiro atoms. The molecule has 11 nitrogen and oxygen atoms in total. The van der Waals surface area contributed by atoms with Crippen LogP contribution in [0.25, 0.3) is 22.3 Å². The van der Waals surface area contributed by atoms with Crippen LogP contribution in [0.4, 0.5) is 4.39 Å². The van der Waals surface area contributed by atoms with Crippen LogP contribution in [0.1, 0.15) is 49.1 Å². The first-order valence-electron chi connectivity index (χ1n) is 16.9. The Kier molecular flexibility index (Phi) is 8.57. The van der Waals surface area contributed by atoms with Crippen LogP contribution in [0.3, 0.4) is 0 Å². The minimum absolute atomic E-state index is 0.00378. The first kappa shape index (κ1) is 33.1. The van der Waals surface area contributed by atoms with Crippen LogP contribution in [0, 0.1) is 5.82 Å². The van der Waals surface area contributed by atoms with Gasteiger partial charge in [0.15, 0.2) is 11.5 Å². The lowest BCUT2D eigenvalue weighted by Gasteiger charge is -2.33. The molecule has 0 N–H and O–H groups in total. The second-order valence-corrected chi connectivity index (χ2v) is 16.3. The third-order valence-electron chi connectivity index (χ3n) is 9.96. The average Bonchev–Trinajstić information content (AvgIpc) is 3.76. The van der Waals surface area contributed by atoms with E-state index in [1.807, 2.05) is 24.3 Å². The monoisotopic (exact) mass is 720 g/mol. The summed E-state index contributed by atoms with van der Waals surface area (Å²) in [4.78, 5) is 7.56. The highest BCUT2D eigenvalue weighted by atomic mass is 35.5. The summed E-state index contributed by atoms with van der Waals surface area (Å²) >= 11 is 6.00. The lowest BCUT2D eigenvalue weighted by molar-refractivity contribution is -0.0712. The molecule has 5 heterocycles. The number of aryl methyl sites for hydroxylation is 1. The zero-order valence-corrected chi connectivity index (χ0v) is 29.5. The summed E-state index contributed by atoms with van der Waals surface area (Å²) < 4.78 is 60.4. The molecule has 50 heavy (non-hydrogen) atoms. The SMILES string of the molecule is CC1(c2ccc(Cl)cc2F)Oc2cccc(C3CCN(Cc4nc5cc(-c6cn(CCS(C)(=O)=O)nn6)ccc5n4CC4CCO4)CC3)c2O1. The van der Waals surface area contributed by atoms with Crippen molar-refractivity contribution in [1.29, 1.82) is 0 Å². The molecule has 14 heteroatoms. The first-order chi connectivity index (χ1) is 24.0. The molecule has 2 unspecified atom stereocenters. The van der Waals surface area contributed by atoms with Gasteiger partial charge in [0.1, 0.15) is 27.2 Å². The number of nitrogens with zero attached hydrogens (tertiary/aromatic N) is 6. The zero-order chi connectivity index (χ0) is 34.6. The van der Waals surface area contributed by atoms with Gasteiger partial charge in [-0.25, -0.2) is 17.8 Å². The number of piperidine rings is 1. The van der Waals surface area contributed by atoms with Crippen LogP contribution in [0.2, 0.25) is 5.02 Å². The van der Waals surface area contributed by atoms with Gasteiger partial charge in [0.2, 0.25) is 0 Å². The first-order valence-corrected chi connectivity index (χ1v) is 19.3. The number of ether oxygens (including phenoxy) is 3. The van der Waals surface area contributed by atoms with Crippen molar-refractivity contribution in [2.24, 2.45) is 0 Å². The van der Waals surface area contributed by atoms with Gasteiger partial charge in [-0.1, -0.05) is 35.0 Å². The zero-order valence-electron chi connectivity index (χ0n) is 27.9. The van der Waals surface area contributed by atoms with Crippen molar-refractivity contribution in [2.75, 3.05) is 31.7 Å². The van der Waals surface area contributed by atoms with E-state index in [0.717, 1.165) is 73.5 Å². The Morgan fingerprint density at radius 1 is 1.06 bits per heavy atom. The molecule has 3 aliphatic rings. The van der Waals surface area contributed by atoms with E-state index in [-0.39, 0.29) is 24.3 Å². The number of imidazole rings is 1. The molecular weight excluding hydrogens is 683 g/mol. The van der Waals surface area contributed by atoms with Crippen LogP contribution < -0.4 is 9.47 Å². The molecule has 0 radical (unpaired) electrons. The maximum absolute atomic E-state index is 14.9. The van der Waals surface area contributed by atoms with Crippen LogP contribution in [-0.2, 0) is 40.0 Å². The quantitative estimate of drug-likeness (QED) is 0.173. The number of halogens is 2. The Hall–Kier alpha value is -4.04. The molecule has 0 amide bonds. The van der Waals surface area contributed by atoms with Gasteiger partial charge in [0.05, 0.1) is 54.3 Å². The summed E-state index contributed by atoms with van der Waals surface area (Å²) in [5, 5.41) is 8.74. The number of hydrogen-bond donors (Lipinski definition) is 0. The smallest absolute Gasteiger partial charge is 0.278 e. The van der Waals surface area contributed by atoms with Crippen molar-refractivity contribution in [2.45, 2.75) is 63.6 Å². The molecule has 3 aliphatic heterocycles. The Balaban J connectivity index is 0.982. The second kappa shape index (κ2) is 12.9. The Labute approximate surface area is 294 Å². The van der Waals surface area contributed by atoms with E-state index in [9.17, 15) is 12.8 Å². The largest absolute Gasteiger partial charge is 0.444 e. The third kappa shape index (κ3) is 6.59. The lowest BCUT2D eigenvalue weighted by Crippen LogP contribution is -2.35. The Morgan fingerprint density at radius 3 is 2.62 bits per heavy atom. The molecule has 0 aliphatic carbocycles. The number of para-hydroxylation sites is 1. The molecular formula is C36H38ClFN6O5S. The number of likely N-dealkylation sites (tertiary alicyclic amines) is 1. The van der Waals surface area contributed by atoms with Crippen LogP contribution in [0.5, 0.6) is 11.5 Å². The number of benzene rings is 3. The third-order valence-corrected chi connectivity index (χ3v) is 11.1. The molecule has 262 valence electrons. The number of sulfone groups is 1. The number of aromatic nitrogens is 5. The number of fused-ring (bicyclic) bond motifs is 2. The number of rotatable bonds is 10.